The van der Waals surface area contributed by atoms with E-state index in [1.165, 1.54) is 18.4 Å². The van der Waals surface area contributed by atoms with E-state index in [4.69, 9.17) is 0 Å². The average molecular weight is 296 g/mol. The number of rotatable bonds is 6. The molecule has 114 valence electrons. The number of carbonyl (C=O) groups is 1. The topological polar surface area (TPSA) is 66.9 Å². The zero-order valence-electron chi connectivity index (χ0n) is 12.7. The van der Waals surface area contributed by atoms with E-state index >= 15 is 0 Å². The fraction of sp³-hybridized carbons (Fsp3) is 0.353. The van der Waals surface area contributed by atoms with Gasteiger partial charge in [0.25, 0.3) is 5.91 Å². The third kappa shape index (κ3) is 3.42. The Balaban J connectivity index is 1.57. The number of benzene rings is 1. The van der Waals surface area contributed by atoms with Crippen LogP contribution in [0.25, 0.3) is 0 Å². The molecule has 22 heavy (non-hydrogen) atoms. The first-order chi connectivity index (χ1) is 10.7. The third-order valence-corrected chi connectivity index (χ3v) is 4.15. The second kappa shape index (κ2) is 6.13. The van der Waals surface area contributed by atoms with Crippen molar-refractivity contribution in [2.75, 3.05) is 18.9 Å². The highest BCUT2D eigenvalue weighted by molar-refractivity contribution is 5.91. The van der Waals surface area contributed by atoms with Gasteiger partial charge in [0, 0.05) is 13.6 Å². The summed E-state index contributed by atoms with van der Waals surface area (Å²) in [6, 6.07) is 14.1. The zero-order valence-corrected chi connectivity index (χ0v) is 12.7. The summed E-state index contributed by atoms with van der Waals surface area (Å²) >= 11 is 0. The quantitative estimate of drug-likeness (QED) is 0.858. The van der Waals surface area contributed by atoms with Crippen molar-refractivity contribution >= 4 is 11.7 Å². The Labute approximate surface area is 130 Å². The van der Waals surface area contributed by atoms with Crippen LogP contribution in [0.4, 0.5) is 5.82 Å². The number of carbonyl (C=O) groups excluding carboxylic acids is 1. The monoisotopic (exact) mass is 296 g/mol. The van der Waals surface area contributed by atoms with E-state index in [-0.39, 0.29) is 5.91 Å². The maximum absolute atomic E-state index is 11.4. The highest BCUT2D eigenvalue weighted by Crippen LogP contribution is 2.48. The van der Waals surface area contributed by atoms with Crippen LogP contribution in [0, 0.1) is 5.41 Å². The maximum Gasteiger partial charge on any atom is 0.271 e. The predicted octanol–water partition coefficient (Wildman–Crippen LogP) is 2.27. The number of nitrogens with one attached hydrogen (secondary N) is 2. The standard InChI is InChI=1S/C17H20N4O/c1-18-16(22)14-7-8-15(21-20-14)19-12-17(9-10-17)11-13-5-3-2-4-6-13/h2-8H,9-12H2,1H3,(H,18,22)(H,19,21). The molecule has 5 nitrogen and oxygen atoms in total. The Morgan fingerprint density at radius 3 is 2.50 bits per heavy atom. The summed E-state index contributed by atoms with van der Waals surface area (Å²) in [5.41, 5.74) is 2.05. The minimum atomic E-state index is -0.221. The number of aromatic nitrogens is 2. The van der Waals surface area contributed by atoms with Crippen LogP contribution in [0.2, 0.25) is 0 Å². The highest BCUT2D eigenvalue weighted by atomic mass is 16.1. The molecule has 1 heterocycles. The molecule has 1 aromatic heterocycles. The molecule has 0 bridgehead atoms. The summed E-state index contributed by atoms with van der Waals surface area (Å²) in [5.74, 6) is 0.494. The molecule has 1 fully saturated rings. The largest absolute Gasteiger partial charge is 0.368 e. The van der Waals surface area contributed by atoms with Crippen LogP contribution >= 0.6 is 0 Å². The number of hydrogen-bond acceptors (Lipinski definition) is 4. The van der Waals surface area contributed by atoms with Crippen LogP contribution in [-0.4, -0.2) is 29.7 Å². The molecule has 1 amide bonds. The van der Waals surface area contributed by atoms with Gasteiger partial charge in [-0.15, -0.1) is 10.2 Å². The molecule has 0 aliphatic heterocycles. The second-order valence-electron chi connectivity index (χ2n) is 5.90. The second-order valence-corrected chi connectivity index (χ2v) is 5.90. The van der Waals surface area contributed by atoms with E-state index in [1.54, 1.807) is 19.2 Å². The van der Waals surface area contributed by atoms with Crippen molar-refractivity contribution < 1.29 is 4.79 Å². The van der Waals surface area contributed by atoms with E-state index in [0.29, 0.717) is 16.9 Å². The molecule has 5 heteroatoms. The lowest BCUT2D eigenvalue weighted by Gasteiger charge is -2.16. The van der Waals surface area contributed by atoms with Crippen LogP contribution < -0.4 is 10.6 Å². The van der Waals surface area contributed by atoms with E-state index in [1.807, 2.05) is 6.07 Å². The molecular weight excluding hydrogens is 276 g/mol. The molecular formula is C17H20N4O. The van der Waals surface area contributed by atoms with Crippen molar-refractivity contribution in [1.82, 2.24) is 15.5 Å². The smallest absolute Gasteiger partial charge is 0.271 e. The van der Waals surface area contributed by atoms with Crippen molar-refractivity contribution in [3.05, 3.63) is 53.7 Å². The van der Waals surface area contributed by atoms with Crippen molar-refractivity contribution in [3.63, 3.8) is 0 Å². The zero-order chi connectivity index (χ0) is 15.4. The minimum absolute atomic E-state index is 0.221. The molecule has 0 unspecified atom stereocenters. The minimum Gasteiger partial charge on any atom is -0.368 e. The lowest BCUT2D eigenvalue weighted by molar-refractivity contribution is 0.0957. The number of anilines is 1. The summed E-state index contributed by atoms with van der Waals surface area (Å²) in [6.45, 7) is 0.885. The summed E-state index contributed by atoms with van der Waals surface area (Å²) < 4.78 is 0. The normalized spacial score (nSPS) is 15.1. The Kier molecular flexibility index (Phi) is 4.04. The van der Waals surface area contributed by atoms with Crippen molar-refractivity contribution in [2.24, 2.45) is 5.41 Å². The van der Waals surface area contributed by atoms with E-state index in [2.05, 4.69) is 45.1 Å². The predicted molar refractivity (Wildman–Crippen MR) is 85.7 cm³/mol. The van der Waals surface area contributed by atoms with Gasteiger partial charge in [-0.25, -0.2) is 0 Å². The fourth-order valence-corrected chi connectivity index (χ4v) is 2.58. The van der Waals surface area contributed by atoms with Crippen LogP contribution in [-0.2, 0) is 6.42 Å². The van der Waals surface area contributed by atoms with Gasteiger partial charge in [-0.05, 0) is 42.4 Å². The van der Waals surface area contributed by atoms with Crippen molar-refractivity contribution in [3.8, 4) is 0 Å². The Morgan fingerprint density at radius 1 is 1.14 bits per heavy atom. The first kappa shape index (κ1) is 14.5. The average Bonchev–Trinajstić information content (AvgIpc) is 3.33. The Morgan fingerprint density at radius 2 is 1.91 bits per heavy atom. The lowest BCUT2D eigenvalue weighted by Crippen LogP contribution is -2.21. The maximum atomic E-state index is 11.4. The summed E-state index contributed by atoms with van der Waals surface area (Å²) in [5, 5.41) is 13.9. The van der Waals surface area contributed by atoms with Crippen molar-refractivity contribution in [2.45, 2.75) is 19.3 Å². The molecule has 2 N–H and O–H groups in total. The molecule has 0 atom stereocenters. The molecule has 0 spiro atoms. The number of hydrogen-bond donors (Lipinski definition) is 2. The molecule has 3 rings (SSSR count). The van der Waals surface area contributed by atoms with E-state index in [9.17, 15) is 4.79 Å². The first-order valence-electron chi connectivity index (χ1n) is 7.54. The van der Waals surface area contributed by atoms with Gasteiger partial charge in [0.2, 0.25) is 0 Å². The molecule has 1 aromatic carbocycles. The van der Waals surface area contributed by atoms with Crippen LogP contribution in [0.5, 0.6) is 0 Å². The third-order valence-electron chi connectivity index (χ3n) is 4.15. The van der Waals surface area contributed by atoms with Crippen molar-refractivity contribution in [1.29, 1.82) is 0 Å². The summed E-state index contributed by atoms with van der Waals surface area (Å²) in [4.78, 5) is 11.4. The van der Waals surface area contributed by atoms with Gasteiger partial charge in [-0.2, -0.15) is 0 Å². The van der Waals surface area contributed by atoms with Gasteiger partial charge in [0.05, 0.1) is 0 Å². The van der Waals surface area contributed by atoms with E-state index < -0.39 is 0 Å². The molecule has 0 radical (unpaired) electrons. The van der Waals surface area contributed by atoms with Gasteiger partial charge in [0.1, 0.15) is 5.82 Å². The Bertz CT molecular complexity index is 635. The number of amides is 1. The van der Waals surface area contributed by atoms with Crippen LogP contribution in [0.3, 0.4) is 0 Å². The fourth-order valence-electron chi connectivity index (χ4n) is 2.58. The SMILES string of the molecule is CNC(=O)c1ccc(NCC2(Cc3ccccc3)CC2)nn1. The van der Waals surface area contributed by atoms with Gasteiger partial charge in [-0.1, -0.05) is 30.3 Å². The van der Waals surface area contributed by atoms with Gasteiger partial charge in [-0.3, -0.25) is 4.79 Å². The molecule has 1 aliphatic carbocycles. The molecule has 0 saturated heterocycles. The Hall–Kier alpha value is -2.43. The first-order valence-corrected chi connectivity index (χ1v) is 7.54. The van der Waals surface area contributed by atoms with Crippen LogP contribution in [0.15, 0.2) is 42.5 Å². The molecule has 1 aliphatic rings. The van der Waals surface area contributed by atoms with Gasteiger partial charge < -0.3 is 10.6 Å². The van der Waals surface area contributed by atoms with Gasteiger partial charge in [0.15, 0.2) is 5.69 Å². The van der Waals surface area contributed by atoms with Gasteiger partial charge >= 0.3 is 0 Å². The lowest BCUT2D eigenvalue weighted by atomic mass is 9.96. The molecule has 2 aromatic rings. The summed E-state index contributed by atoms with van der Waals surface area (Å²) in [6.07, 6.45) is 3.56. The number of nitrogens with zero attached hydrogens (tertiary/aromatic N) is 2. The highest BCUT2D eigenvalue weighted by Gasteiger charge is 2.42. The van der Waals surface area contributed by atoms with Crippen LogP contribution in [0.1, 0.15) is 28.9 Å². The summed E-state index contributed by atoms with van der Waals surface area (Å²) in [7, 11) is 1.58. The molecule has 1 saturated carbocycles. The van der Waals surface area contributed by atoms with E-state index in [0.717, 1.165) is 13.0 Å².